The monoisotopic (exact) mass is 365 g/mol. The minimum absolute atomic E-state index is 0.174. The average molecular weight is 366 g/mol. The van der Waals surface area contributed by atoms with E-state index in [1.807, 2.05) is 20.0 Å². The fraction of sp³-hybridized carbons (Fsp3) is 0.294. The van der Waals surface area contributed by atoms with Crippen molar-refractivity contribution in [1.29, 1.82) is 0 Å². The first kappa shape index (κ1) is 16.4. The Balaban J connectivity index is 2.29. The number of nitrogens with one attached hydrogen (secondary N) is 1. The van der Waals surface area contributed by atoms with Crippen LogP contribution in [0.1, 0.15) is 24.1 Å². The van der Waals surface area contributed by atoms with Crippen LogP contribution >= 0.6 is 27.7 Å². The van der Waals surface area contributed by atoms with Crippen molar-refractivity contribution >= 4 is 27.7 Å². The van der Waals surface area contributed by atoms with Gasteiger partial charge < -0.3 is 10.1 Å². The van der Waals surface area contributed by atoms with Crippen LogP contribution in [0.25, 0.3) is 0 Å². The van der Waals surface area contributed by atoms with E-state index in [1.54, 1.807) is 11.8 Å². The van der Waals surface area contributed by atoms with E-state index in [4.69, 9.17) is 4.74 Å². The Labute approximate surface area is 139 Å². The SMILES string of the molecule is CCOc1ccc(C(NC)c2ccc(SC)cc2)cc1Br. The molecule has 0 saturated heterocycles. The third-order valence-corrected chi connectivity index (χ3v) is 4.69. The highest BCUT2D eigenvalue weighted by Crippen LogP contribution is 2.31. The maximum Gasteiger partial charge on any atom is 0.133 e. The molecule has 0 aliphatic carbocycles. The average Bonchev–Trinajstić information content (AvgIpc) is 2.51. The number of hydrogen-bond donors (Lipinski definition) is 1. The Hall–Kier alpha value is -0.970. The molecule has 0 aliphatic rings. The Morgan fingerprint density at radius 3 is 2.33 bits per heavy atom. The van der Waals surface area contributed by atoms with Gasteiger partial charge >= 0.3 is 0 Å². The van der Waals surface area contributed by atoms with E-state index in [1.165, 1.54) is 16.0 Å². The Morgan fingerprint density at radius 2 is 1.81 bits per heavy atom. The second-order valence-corrected chi connectivity index (χ2v) is 6.35. The van der Waals surface area contributed by atoms with Gasteiger partial charge in [-0.1, -0.05) is 18.2 Å². The van der Waals surface area contributed by atoms with Crippen molar-refractivity contribution in [2.75, 3.05) is 19.9 Å². The smallest absolute Gasteiger partial charge is 0.133 e. The lowest BCUT2D eigenvalue weighted by molar-refractivity contribution is 0.338. The van der Waals surface area contributed by atoms with E-state index in [9.17, 15) is 0 Å². The standard InChI is InChI=1S/C17H20BrNOS/c1-4-20-16-10-7-13(11-15(16)18)17(19-2)12-5-8-14(21-3)9-6-12/h5-11,17,19H,4H2,1-3H3. The number of halogens is 1. The summed E-state index contributed by atoms with van der Waals surface area (Å²) in [6, 6.07) is 15.1. The van der Waals surface area contributed by atoms with Crippen LogP contribution in [0.3, 0.4) is 0 Å². The summed E-state index contributed by atoms with van der Waals surface area (Å²) >= 11 is 5.34. The lowest BCUT2D eigenvalue weighted by Gasteiger charge is -2.19. The molecule has 2 nitrogen and oxygen atoms in total. The summed E-state index contributed by atoms with van der Waals surface area (Å²) in [4.78, 5) is 1.28. The van der Waals surface area contributed by atoms with Gasteiger partial charge in [-0.2, -0.15) is 0 Å². The van der Waals surface area contributed by atoms with E-state index in [0.717, 1.165) is 10.2 Å². The van der Waals surface area contributed by atoms with E-state index < -0.39 is 0 Å². The van der Waals surface area contributed by atoms with Crippen molar-refractivity contribution in [2.45, 2.75) is 17.9 Å². The van der Waals surface area contributed by atoms with Gasteiger partial charge in [0.15, 0.2) is 0 Å². The molecule has 1 unspecified atom stereocenters. The lowest BCUT2D eigenvalue weighted by Crippen LogP contribution is -2.17. The summed E-state index contributed by atoms with van der Waals surface area (Å²) in [6.45, 7) is 2.66. The van der Waals surface area contributed by atoms with Crippen molar-refractivity contribution < 1.29 is 4.74 Å². The van der Waals surface area contributed by atoms with Crippen LogP contribution in [0, 0.1) is 0 Å². The lowest BCUT2D eigenvalue weighted by atomic mass is 9.99. The molecule has 0 fully saturated rings. The first-order valence-corrected chi connectivity index (χ1v) is 8.94. The zero-order valence-electron chi connectivity index (χ0n) is 12.5. The summed E-state index contributed by atoms with van der Waals surface area (Å²) in [5.74, 6) is 0.883. The molecule has 0 aliphatic heterocycles. The summed E-state index contributed by atoms with van der Waals surface area (Å²) < 4.78 is 6.56. The molecular formula is C17H20BrNOS. The maximum absolute atomic E-state index is 5.57. The van der Waals surface area contributed by atoms with Crippen LogP contribution in [-0.4, -0.2) is 19.9 Å². The fourth-order valence-electron chi connectivity index (χ4n) is 2.29. The molecule has 4 heteroatoms. The predicted octanol–water partition coefficient (Wildman–Crippen LogP) is 4.88. The molecule has 0 radical (unpaired) electrons. The Bertz CT molecular complexity index is 586. The molecule has 0 amide bonds. The van der Waals surface area contributed by atoms with Gasteiger partial charge in [-0.3, -0.25) is 0 Å². The van der Waals surface area contributed by atoms with Gasteiger partial charge in [0.25, 0.3) is 0 Å². The predicted molar refractivity (Wildman–Crippen MR) is 94.4 cm³/mol. The van der Waals surface area contributed by atoms with Crippen LogP contribution < -0.4 is 10.1 Å². The third kappa shape index (κ3) is 4.02. The molecule has 0 saturated carbocycles. The van der Waals surface area contributed by atoms with Crippen molar-refractivity contribution in [3.63, 3.8) is 0 Å². The minimum atomic E-state index is 0.174. The molecular weight excluding hydrogens is 346 g/mol. The van der Waals surface area contributed by atoms with Crippen LogP contribution in [0.2, 0.25) is 0 Å². The molecule has 1 atom stereocenters. The molecule has 0 bridgehead atoms. The van der Waals surface area contributed by atoms with E-state index >= 15 is 0 Å². The van der Waals surface area contributed by atoms with Crippen LogP contribution in [0.5, 0.6) is 5.75 Å². The second kappa shape index (κ2) is 7.87. The molecule has 0 heterocycles. The molecule has 21 heavy (non-hydrogen) atoms. The van der Waals surface area contributed by atoms with Gasteiger partial charge in [-0.05, 0) is 71.5 Å². The van der Waals surface area contributed by atoms with Gasteiger partial charge in [-0.25, -0.2) is 0 Å². The van der Waals surface area contributed by atoms with Gasteiger partial charge in [0.2, 0.25) is 0 Å². The third-order valence-electron chi connectivity index (χ3n) is 3.33. The summed E-state index contributed by atoms with van der Waals surface area (Å²) in [5, 5.41) is 3.38. The van der Waals surface area contributed by atoms with E-state index in [-0.39, 0.29) is 6.04 Å². The highest BCUT2D eigenvalue weighted by molar-refractivity contribution is 9.10. The normalized spacial score (nSPS) is 12.2. The molecule has 0 spiro atoms. The van der Waals surface area contributed by atoms with Crippen LogP contribution in [-0.2, 0) is 0 Å². The highest BCUT2D eigenvalue weighted by atomic mass is 79.9. The molecule has 2 rings (SSSR count). The van der Waals surface area contributed by atoms with Crippen molar-refractivity contribution in [3.8, 4) is 5.75 Å². The first-order chi connectivity index (χ1) is 10.2. The highest BCUT2D eigenvalue weighted by Gasteiger charge is 2.13. The van der Waals surface area contributed by atoms with Gasteiger partial charge in [0.05, 0.1) is 17.1 Å². The summed E-state index contributed by atoms with van der Waals surface area (Å²) in [7, 11) is 1.98. The van der Waals surface area contributed by atoms with E-state index in [0.29, 0.717) is 6.61 Å². The fourth-order valence-corrected chi connectivity index (χ4v) is 3.21. The summed E-state index contributed by atoms with van der Waals surface area (Å²) in [6.07, 6.45) is 2.09. The number of rotatable bonds is 6. The zero-order chi connectivity index (χ0) is 15.2. The maximum atomic E-state index is 5.57. The number of ether oxygens (including phenoxy) is 1. The van der Waals surface area contributed by atoms with Gasteiger partial charge in [0, 0.05) is 4.90 Å². The summed E-state index contributed by atoms with van der Waals surface area (Å²) in [5.41, 5.74) is 2.47. The van der Waals surface area contributed by atoms with Crippen molar-refractivity contribution in [1.82, 2.24) is 5.32 Å². The molecule has 1 N–H and O–H groups in total. The number of thioether (sulfide) groups is 1. The van der Waals surface area contributed by atoms with Gasteiger partial charge in [0.1, 0.15) is 5.75 Å². The first-order valence-electron chi connectivity index (χ1n) is 6.93. The van der Waals surface area contributed by atoms with Crippen molar-refractivity contribution in [2.24, 2.45) is 0 Å². The molecule has 0 aromatic heterocycles. The Morgan fingerprint density at radius 1 is 1.14 bits per heavy atom. The van der Waals surface area contributed by atoms with E-state index in [2.05, 4.69) is 63.9 Å². The molecule has 2 aromatic carbocycles. The minimum Gasteiger partial charge on any atom is -0.493 e. The topological polar surface area (TPSA) is 21.3 Å². The molecule has 112 valence electrons. The Kier molecular flexibility index (Phi) is 6.15. The number of benzene rings is 2. The quantitative estimate of drug-likeness (QED) is 0.737. The second-order valence-electron chi connectivity index (χ2n) is 4.62. The van der Waals surface area contributed by atoms with Crippen LogP contribution in [0.4, 0.5) is 0 Å². The largest absolute Gasteiger partial charge is 0.493 e. The van der Waals surface area contributed by atoms with Gasteiger partial charge in [-0.15, -0.1) is 11.8 Å². The van der Waals surface area contributed by atoms with Crippen molar-refractivity contribution in [3.05, 3.63) is 58.1 Å². The zero-order valence-corrected chi connectivity index (χ0v) is 14.9. The molecule has 2 aromatic rings. The number of hydrogen-bond acceptors (Lipinski definition) is 3. The van der Waals surface area contributed by atoms with Crippen LogP contribution in [0.15, 0.2) is 51.8 Å².